The Labute approximate surface area is 106 Å². The largest absolute Gasteiger partial charge is 0.453 e. The summed E-state index contributed by atoms with van der Waals surface area (Å²) >= 11 is 0. The molecule has 0 aromatic rings. The Hall–Kier alpha value is -0.530. The molecule has 114 valence electrons. The van der Waals surface area contributed by atoms with Crippen molar-refractivity contribution in [1.29, 1.82) is 0 Å². The normalized spacial score (nSPS) is 26.5. The zero-order chi connectivity index (χ0) is 14.9. The molecular formula is C11H15F7O. The van der Waals surface area contributed by atoms with Gasteiger partial charge in [0.05, 0.1) is 12.5 Å². The Kier molecular flexibility index (Phi) is 4.75. The third-order valence-electron chi connectivity index (χ3n) is 3.43. The van der Waals surface area contributed by atoms with E-state index in [0.717, 1.165) is 0 Å². The summed E-state index contributed by atoms with van der Waals surface area (Å²) in [6, 6.07) is 0. The Morgan fingerprint density at radius 3 is 1.63 bits per heavy atom. The van der Waals surface area contributed by atoms with E-state index in [9.17, 15) is 30.7 Å². The van der Waals surface area contributed by atoms with E-state index >= 15 is 0 Å². The Morgan fingerprint density at radius 1 is 0.842 bits per heavy atom. The van der Waals surface area contributed by atoms with Gasteiger partial charge in [-0.05, 0) is 32.6 Å². The summed E-state index contributed by atoms with van der Waals surface area (Å²) in [5.74, 6) is -8.05. The van der Waals surface area contributed by atoms with Gasteiger partial charge in [-0.15, -0.1) is 0 Å². The van der Waals surface area contributed by atoms with E-state index in [-0.39, 0.29) is 6.61 Å². The topological polar surface area (TPSA) is 9.23 Å². The van der Waals surface area contributed by atoms with Crippen molar-refractivity contribution in [3.63, 3.8) is 0 Å². The lowest BCUT2D eigenvalue weighted by Crippen LogP contribution is -2.46. The molecule has 0 aromatic carbocycles. The molecule has 1 aliphatic carbocycles. The van der Waals surface area contributed by atoms with Crippen LogP contribution in [0, 0.1) is 11.8 Å². The van der Waals surface area contributed by atoms with Crippen LogP contribution < -0.4 is 0 Å². The molecule has 1 saturated carbocycles. The predicted octanol–water partition coefficient (Wildman–Crippen LogP) is 4.62. The minimum Gasteiger partial charge on any atom is -0.321 e. The fourth-order valence-electron chi connectivity index (χ4n) is 2.33. The van der Waals surface area contributed by atoms with Crippen LogP contribution >= 0.6 is 0 Å². The average Bonchev–Trinajstić information content (AvgIpc) is 2.27. The first-order chi connectivity index (χ1) is 8.52. The van der Waals surface area contributed by atoms with Gasteiger partial charge in [-0.25, -0.2) is 0 Å². The highest BCUT2D eigenvalue weighted by Gasteiger charge is 2.62. The van der Waals surface area contributed by atoms with Crippen LogP contribution in [0.4, 0.5) is 30.7 Å². The molecule has 0 atom stereocenters. The highest BCUT2D eigenvalue weighted by Crippen LogP contribution is 2.49. The van der Waals surface area contributed by atoms with Gasteiger partial charge in [0.25, 0.3) is 0 Å². The number of hydrogen-bond donors (Lipinski definition) is 0. The second kappa shape index (κ2) is 5.46. The molecule has 0 aromatic heterocycles. The van der Waals surface area contributed by atoms with E-state index < -0.39 is 55.7 Å². The third kappa shape index (κ3) is 3.52. The molecule has 0 heterocycles. The van der Waals surface area contributed by atoms with Crippen molar-refractivity contribution in [2.75, 3.05) is 6.61 Å². The molecule has 0 bridgehead atoms. The van der Waals surface area contributed by atoms with Gasteiger partial charge in [-0.1, -0.05) is 0 Å². The zero-order valence-electron chi connectivity index (χ0n) is 10.2. The Morgan fingerprint density at radius 2 is 1.26 bits per heavy atom. The molecule has 0 unspecified atom stereocenters. The van der Waals surface area contributed by atoms with E-state index in [2.05, 4.69) is 4.74 Å². The third-order valence-corrected chi connectivity index (χ3v) is 3.43. The molecule has 0 spiro atoms. The number of hydrogen-bond acceptors (Lipinski definition) is 1. The van der Waals surface area contributed by atoms with E-state index in [1.807, 2.05) is 0 Å². The molecule has 1 aliphatic rings. The molecule has 0 amide bonds. The molecule has 1 nitrogen and oxygen atoms in total. The predicted molar refractivity (Wildman–Crippen MR) is 53.0 cm³/mol. The lowest BCUT2D eigenvalue weighted by Gasteiger charge is -2.36. The SMILES string of the molecule is CCOC(F)(F)C1CCC(C(F)(F)C(F)(F)F)CC1. The monoisotopic (exact) mass is 296 g/mol. The van der Waals surface area contributed by atoms with E-state index in [1.165, 1.54) is 6.92 Å². The van der Waals surface area contributed by atoms with Crippen LogP contribution in [-0.4, -0.2) is 24.8 Å². The molecular weight excluding hydrogens is 281 g/mol. The molecule has 0 N–H and O–H groups in total. The van der Waals surface area contributed by atoms with Gasteiger partial charge >= 0.3 is 18.2 Å². The molecule has 0 aliphatic heterocycles. The maximum absolute atomic E-state index is 13.3. The van der Waals surface area contributed by atoms with Crippen LogP contribution in [0.15, 0.2) is 0 Å². The zero-order valence-corrected chi connectivity index (χ0v) is 10.2. The highest BCUT2D eigenvalue weighted by atomic mass is 19.4. The molecule has 1 fully saturated rings. The fraction of sp³-hybridized carbons (Fsp3) is 1.00. The molecule has 1 rings (SSSR count). The number of ether oxygens (including phenoxy) is 1. The smallest absolute Gasteiger partial charge is 0.321 e. The maximum Gasteiger partial charge on any atom is 0.453 e. The maximum atomic E-state index is 13.3. The average molecular weight is 296 g/mol. The van der Waals surface area contributed by atoms with Gasteiger partial charge in [-0.2, -0.15) is 30.7 Å². The Bertz CT molecular complexity index is 292. The summed E-state index contributed by atoms with van der Waals surface area (Å²) in [5, 5.41) is 0. The number of rotatable bonds is 4. The van der Waals surface area contributed by atoms with Crippen molar-refractivity contribution in [3.8, 4) is 0 Å². The molecule has 8 heteroatoms. The van der Waals surface area contributed by atoms with Crippen LogP contribution in [0.5, 0.6) is 0 Å². The quantitative estimate of drug-likeness (QED) is 0.688. The van der Waals surface area contributed by atoms with Gasteiger partial charge in [0.15, 0.2) is 0 Å². The van der Waals surface area contributed by atoms with Crippen LogP contribution in [0.1, 0.15) is 32.6 Å². The molecule has 0 saturated heterocycles. The standard InChI is InChI=1S/C11H15F7O/c1-2-19-10(14,15)8-5-3-7(4-6-8)9(12,13)11(16,17)18/h7-8H,2-6H2,1H3. The van der Waals surface area contributed by atoms with E-state index in [4.69, 9.17) is 0 Å². The number of alkyl halides is 7. The van der Waals surface area contributed by atoms with E-state index in [0.29, 0.717) is 0 Å². The minimum absolute atomic E-state index is 0.244. The molecule has 0 radical (unpaired) electrons. The van der Waals surface area contributed by atoms with Crippen molar-refractivity contribution in [3.05, 3.63) is 0 Å². The summed E-state index contributed by atoms with van der Waals surface area (Å²) in [4.78, 5) is 0. The van der Waals surface area contributed by atoms with Crippen molar-refractivity contribution in [2.45, 2.75) is 50.8 Å². The van der Waals surface area contributed by atoms with Crippen LogP contribution in [0.2, 0.25) is 0 Å². The van der Waals surface area contributed by atoms with Crippen LogP contribution in [0.25, 0.3) is 0 Å². The highest BCUT2D eigenvalue weighted by molar-refractivity contribution is 4.89. The summed E-state index contributed by atoms with van der Waals surface area (Å²) in [6.45, 7) is 1.11. The summed E-state index contributed by atoms with van der Waals surface area (Å²) < 4.78 is 93.4. The first-order valence-corrected chi connectivity index (χ1v) is 5.98. The van der Waals surface area contributed by atoms with E-state index in [1.54, 1.807) is 0 Å². The van der Waals surface area contributed by atoms with Crippen molar-refractivity contribution >= 4 is 0 Å². The van der Waals surface area contributed by atoms with Crippen molar-refractivity contribution in [1.82, 2.24) is 0 Å². The van der Waals surface area contributed by atoms with Gasteiger partial charge in [-0.3, -0.25) is 0 Å². The van der Waals surface area contributed by atoms with Crippen LogP contribution in [0.3, 0.4) is 0 Å². The second-order valence-electron chi connectivity index (χ2n) is 4.66. The van der Waals surface area contributed by atoms with Gasteiger partial charge in [0, 0.05) is 5.92 Å². The first-order valence-electron chi connectivity index (χ1n) is 5.98. The fourth-order valence-corrected chi connectivity index (χ4v) is 2.33. The minimum atomic E-state index is -5.63. The molecule has 19 heavy (non-hydrogen) atoms. The number of halogens is 7. The van der Waals surface area contributed by atoms with Gasteiger partial charge in [0.1, 0.15) is 0 Å². The lowest BCUT2D eigenvalue weighted by molar-refractivity contribution is -0.313. The Balaban J connectivity index is 2.63. The summed E-state index contributed by atoms with van der Waals surface area (Å²) in [5.41, 5.74) is 0. The van der Waals surface area contributed by atoms with Gasteiger partial charge in [0.2, 0.25) is 0 Å². The second-order valence-corrected chi connectivity index (χ2v) is 4.66. The lowest BCUT2D eigenvalue weighted by atomic mass is 9.78. The first kappa shape index (κ1) is 16.5. The summed E-state index contributed by atoms with van der Waals surface area (Å²) in [6.07, 6.45) is -11.1. The summed E-state index contributed by atoms with van der Waals surface area (Å²) in [7, 11) is 0. The van der Waals surface area contributed by atoms with Crippen molar-refractivity contribution in [2.24, 2.45) is 11.8 Å². The van der Waals surface area contributed by atoms with Crippen LogP contribution in [-0.2, 0) is 4.74 Å². The van der Waals surface area contributed by atoms with Crippen molar-refractivity contribution < 1.29 is 35.5 Å². The van der Waals surface area contributed by atoms with Gasteiger partial charge < -0.3 is 4.74 Å².